The maximum atomic E-state index is 12.5. The number of nitrogens with zero attached hydrogens (tertiary/aromatic N) is 1. The van der Waals surface area contributed by atoms with Gasteiger partial charge in [0.1, 0.15) is 0 Å². The molecule has 1 N–H and O–H groups in total. The first-order chi connectivity index (χ1) is 9.84. The molecule has 122 valence electrons. The minimum atomic E-state index is 0. The second-order valence-corrected chi connectivity index (χ2v) is 6.64. The van der Waals surface area contributed by atoms with Gasteiger partial charge in [-0.3, -0.25) is 4.79 Å². The first kappa shape index (κ1) is 17.0. The molecule has 1 amide bonds. The van der Waals surface area contributed by atoms with Crippen molar-refractivity contribution in [2.24, 2.45) is 17.8 Å². The summed E-state index contributed by atoms with van der Waals surface area (Å²) in [7, 11) is 0. The number of rotatable bonds is 2. The minimum Gasteiger partial charge on any atom is -0.381 e. The molecule has 0 aromatic heterocycles. The molecule has 0 saturated carbocycles. The molecule has 0 atom stereocenters. The predicted molar refractivity (Wildman–Crippen MR) is 85.7 cm³/mol. The van der Waals surface area contributed by atoms with E-state index in [0.29, 0.717) is 5.91 Å². The third-order valence-electron chi connectivity index (χ3n) is 5.47. The molecular formula is C16H29ClN2O2. The summed E-state index contributed by atoms with van der Waals surface area (Å²) in [5, 5.41) is 3.45. The van der Waals surface area contributed by atoms with Crippen LogP contribution in [0.1, 0.15) is 38.5 Å². The zero-order chi connectivity index (χ0) is 13.8. The van der Waals surface area contributed by atoms with E-state index in [1.54, 1.807) is 0 Å². The van der Waals surface area contributed by atoms with Crippen molar-refractivity contribution in [2.45, 2.75) is 38.5 Å². The number of nitrogens with one attached hydrogen (secondary N) is 1. The summed E-state index contributed by atoms with van der Waals surface area (Å²) in [6, 6.07) is 0. The SMILES string of the molecule is Cl.O=C(C1CCOCC1)N1CCC(C2CCNCC2)CC1. The van der Waals surface area contributed by atoms with E-state index in [9.17, 15) is 4.79 Å². The third kappa shape index (κ3) is 4.33. The van der Waals surface area contributed by atoms with Crippen LogP contribution < -0.4 is 5.32 Å². The maximum absolute atomic E-state index is 12.5. The Morgan fingerprint density at radius 3 is 2.10 bits per heavy atom. The molecule has 3 rings (SSSR count). The van der Waals surface area contributed by atoms with Crippen molar-refractivity contribution in [2.75, 3.05) is 39.4 Å². The normalized spacial score (nSPS) is 26.4. The Morgan fingerprint density at radius 2 is 1.48 bits per heavy atom. The molecule has 0 radical (unpaired) electrons. The molecule has 3 aliphatic heterocycles. The van der Waals surface area contributed by atoms with Gasteiger partial charge in [-0.15, -0.1) is 12.4 Å². The second-order valence-electron chi connectivity index (χ2n) is 6.64. The van der Waals surface area contributed by atoms with Gasteiger partial charge in [0.15, 0.2) is 0 Å². The van der Waals surface area contributed by atoms with Crippen LogP contribution in [0.4, 0.5) is 0 Å². The lowest BCUT2D eigenvalue weighted by Gasteiger charge is -2.39. The average molecular weight is 317 g/mol. The predicted octanol–water partition coefficient (Wildman–Crippen LogP) is 2.07. The van der Waals surface area contributed by atoms with Crippen molar-refractivity contribution in [3.63, 3.8) is 0 Å². The van der Waals surface area contributed by atoms with Crippen LogP contribution in [-0.4, -0.2) is 50.2 Å². The fraction of sp³-hybridized carbons (Fsp3) is 0.938. The monoisotopic (exact) mass is 316 g/mol. The molecule has 0 spiro atoms. The van der Waals surface area contributed by atoms with E-state index in [1.165, 1.54) is 38.8 Å². The van der Waals surface area contributed by atoms with Crippen LogP contribution in [0.15, 0.2) is 0 Å². The Kier molecular flexibility index (Phi) is 6.77. The van der Waals surface area contributed by atoms with Crippen molar-refractivity contribution < 1.29 is 9.53 Å². The zero-order valence-electron chi connectivity index (χ0n) is 12.9. The molecule has 0 aromatic rings. The van der Waals surface area contributed by atoms with Crippen LogP contribution in [0.25, 0.3) is 0 Å². The highest BCUT2D eigenvalue weighted by Crippen LogP contribution is 2.31. The smallest absolute Gasteiger partial charge is 0.225 e. The number of carbonyl (C=O) groups is 1. The fourth-order valence-electron chi connectivity index (χ4n) is 4.11. The summed E-state index contributed by atoms with van der Waals surface area (Å²) in [5.74, 6) is 2.39. The van der Waals surface area contributed by atoms with Crippen LogP contribution in [0.3, 0.4) is 0 Å². The molecule has 3 fully saturated rings. The van der Waals surface area contributed by atoms with E-state index in [2.05, 4.69) is 10.2 Å². The maximum Gasteiger partial charge on any atom is 0.225 e. The molecular weight excluding hydrogens is 288 g/mol. The van der Waals surface area contributed by atoms with Crippen molar-refractivity contribution in [3.05, 3.63) is 0 Å². The Hall–Kier alpha value is -0.320. The summed E-state index contributed by atoms with van der Waals surface area (Å²) in [6.07, 6.45) is 6.95. The van der Waals surface area contributed by atoms with E-state index < -0.39 is 0 Å². The van der Waals surface area contributed by atoms with Crippen LogP contribution in [0.2, 0.25) is 0 Å². The van der Waals surface area contributed by atoms with Gasteiger partial charge >= 0.3 is 0 Å². The largest absolute Gasteiger partial charge is 0.381 e. The molecule has 3 aliphatic rings. The van der Waals surface area contributed by atoms with E-state index >= 15 is 0 Å². The Labute approximate surface area is 134 Å². The van der Waals surface area contributed by atoms with Crippen LogP contribution in [0, 0.1) is 17.8 Å². The van der Waals surface area contributed by atoms with Crippen molar-refractivity contribution in [3.8, 4) is 0 Å². The lowest BCUT2D eigenvalue weighted by atomic mass is 9.79. The van der Waals surface area contributed by atoms with Crippen LogP contribution >= 0.6 is 12.4 Å². The van der Waals surface area contributed by atoms with E-state index in [4.69, 9.17) is 4.74 Å². The van der Waals surface area contributed by atoms with Gasteiger partial charge in [-0.1, -0.05) is 0 Å². The lowest BCUT2D eigenvalue weighted by Crippen LogP contribution is -2.45. The lowest BCUT2D eigenvalue weighted by molar-refractivity contribution is -0.140. The van der Waals surface area contributed by atoms with E-state index in [1.807, 2.05) is 0 Å². The topological polar surface area (TPSA) is 41.6 Å². The molecule has 3 saturated heterocycles. The van der Waals surface area contributed by atoms with E-state index in [0.717, 1.165) is 51.0 Å². The number of ether oxygens (including phenoxy) is 1. The molecule has 4 nitrogen and oxygen atoms in total. The summed E-state index contributed by atoms with van der Waals surface area (Å²) >= 11 is 0. The average Bonchev–Trinajstić information content (AvgIpc) is 2.56. The van der Waals surface area contributed by atoms with Gasteiger partial charge in [0.25, 0.3) is 0 Å². The highest BCUT2D eigenvalue weighted by atomic mass is 35.5. The number of carbonyl (C=O) groups excluding carboxylic acids is 1. The van der Waals surface area contributed by atoms with Gasteiger partial charge in [0, 0.05) is 32.2 Å². The van der Waals surface area contributed by atoms with Crippen molar-refractivity contribution in [1.82, 2.24) is 10.2 Å². The summed E-state index contributed by atoms with van der Waals surface area (Å²) < 4.78 is 5.36. The van der Waals surface area contributed by atoms with Gasteiger partial charge < -0.3 is 15.0 Å². The summed E-state index contributed by atoms with van der Waals surface area (Å²) in [4.78, 5) is 14.6. The van der Waals surface area contributed by atoms with Crippen LogP contribution in [-0.2, 0) is 9.53 Å². The number of hydrogen-bond donors (Lipinski definition) is 1. The van der Waals surface area contributed by atoms with Gasteiger partial charge in [-0.2, -0.15) is 0 Å². The van der Waals surface area contributed by atoms with Gasteiger partial charge in [0.05, 0.1) is 0 Å². The fourth-order valence-corrected chi connectivity index (χ4v) is 4.11. The van der Waals surface area contributed by atoms with Crippen molar-refractivity contribution >= 4 is 18.3 Å². The first-order valence-corrected chi connectivity index (χ1v) is 8.42. The second kappa shape index (κ2) is 8.35. The number of halogens is 1. The Balaban J connectivity index is 0.00000161. The number of likely N-dealkylation sites (tertiary alicyclic amines) is 1. The molecule has 0 unspecified atom stereocenters. The highest BCUT2D eigenvalue weighted by Gasteiger charge is 2.32. The third-order valence-corrected chi connectivity index (χ3v) is 5.47. The number of amides is 1. The first-order valence-electron chi connectivity index (χ1n) is 8.42. The standard InChI is InChI=1S/C16H28N2O2.ClH/c19-16(15-5-11-20-12-6-15)18-9-3-14(4-10-18)13-1-7-17-8-2-13;/h13-15,17H,1-12H2;1H. The Bertz CT molecular complexity index is 320. The molecule has 0 aromatic carbocycles. The molecule has 3 heterocycles. The highest BCUT2D eigenvalue weighted by molar-refractivity contribution is 5.85. The zero-order valence-corrected chi connectivity index (χ0v) is 13.7. The van der Waals surface area contributed by atoms with Crippen LogP contribution in [0.5, 0.6) is 0 Å². The van der Waals surface area contributed by atoms with Crippen molar-refractivity contribution in [1.29, 1.82) is 0 Å². The molecule has 5 heteroatoms. The minimum absolute atomic E-state index is 0. The van der Waals surface area contributed by atoms with Gasteiger partial charge in [0.2, 0.25) is 5.91 Å². The molecule has 0 aliphatic carbocycles. The number of piperidine rings is 2. The molecule has 0 bridgehead atoms. The summed E-state index contributed by atoms with van der Waals surface area (Å²) in [6.45, 7) is 5.89. The van der Waals surface area contributed by atoms with E-state index in [-0.39, 0.29) is 18.3 Å². The summed E-state index contributed by atoms with van der Waals surface area (Å²) in [5.41, 5.74) is 0. The quantitative estimate of drug-likeness (QED) is 0.848. The van der Waals surface area contributed by atoms with Gasteiger partial charge in [-0.25, -0.2) is 0 Å². The Morgan fingerprint density at radius 1 is 0.905 bits per heavy atom. The van der Waals surface area contributed by atoms with Gasteiger partial charge in [-0.05, 0) is 63.5 Å². The number of hydrogen-bond acceptors (Lipinski definition) is 3. The molecule has 21 heavy (non-hydrogen) atoms.